The van der Waals surface area contributed by atoms with Gasteiger partial charge < -0.3 is 15.5 Å². The van der Waals surface area contributed by atoms with E-state index in [0.717, 1.165) is 31.6 Å². The van der Waals surface area contributed by atoms with E-state index in [0.29, 0.717) is 6.54 Å². The van der Waals surface area contributed by atoms with E-state index in [2.05, 4.69) is 35.8 Å². The van der Waals surface area contributed by atoms with E-state index in [-0.39, 0.29) is 5.91 Å². The fourth-order valence-corrected chi connectivity index (χ4v) is 2.43. The summed E-state index contributed by atoms with van der Waals surface area (Å²) in [5, 5.41) is 6.37. The second-order valence-corrected chi connectivity index (χ2v) is 5.05. The minimum Gasteiger partial charge on any atom is -0.383 e. The van der Waals surface area contributed by atoms with Gasteiger partial charge in [0.05, 0.1) is 17.9 Å². The van der Waals surface area contributed by atoms with Crippen molar-refractivity contribution in [1.29, 1.82) is 0 Å². The number of para-hydroxylation sites is 1. The molecule has 0 saturated heterocycles. The maximum Gasteiger partial charge on any atom is 0.239 e. The third-order valence-corrected chi connectivity index (χ3v) is 3.42. The van der Waals surface area contributed by atoms with Gasteiger partial charge in [0.25, 0.3) is 0 Å². The van der Waals surface area contributed by atoms with Crippen molar-refractivity contribution in [3.63, 3.8) is 0 Å². The molecule has 4 nitrogen and oxygen atoms in total. The van der Waals surface area contributed by atoms with E-state index in [1.165, 1.54) is 17.7 Å². The van der Waals surface area contributed by atoms with Crippen molar-refractivity contribution in [3.8, 4) is 0 Å². The monoisotopic (exact) mass is 261 g/mol. The van der Waals surface area contributed by atoms with E-state index in [4.69, 9.17) is 0 Å². The van der Waals surface area contributed by atoms with E-state index >= 15 is 0 Å². The van der Waals surface area contributed by atoms with Crippen LogP contribution >= 0.6 is 0 Å². The van der Waals surface area contributed by atoms with Crippen LogP contribution in [0, 0.1) is 0 Å². The van der Waals surface area contributed by atoms with Crippen LogP contribution in [-0.2, 0) is 11.2 Å². The second-order valence-electron chi connectivity index (χ2n) is 5.05. The molecule has 0 aromatic heterocycles. The lowest BCUT2D eigenvalue weighted by Crippen LogP contribution is -2.36. The van der Waals surface area contributed by atoms with E-state index in [1.807, 2.05) is 11.9 Å². The number of carbonyl (C=O) groups excluding carboxylic acids is 1. The number of amides is 1. The molecule has 0 spiro atoms. The highest BCUT2D eigenvalue weighted by molar-refractivity contribution is 5.84. The Morgan fingerprint density at radius 3 is 3.11 bits per heavy atom. The number of likely N-dealkylation sites (N-methyl/N-ethyl adjacent to an activating group) is 1. The molecule has 1 aliphatic rings. The first-order valence-corrected chi connectivity index (χ1v) is 7.06. The minimum absolute atomic E-state index is 0.0813. The van der Waals surface area contributed by atoms with E-state index in [9.17, 15) is 4.79 Å². The van der Waals surface area contributed by atoms with Crippen LogP contribution in [0.15, 0.2) is 18.2 Å². The topological polar surface area (TPSA) is 44.4 Å². The van der Waals surface area contributed by atoms with Crippen molar-refractivity contribution in [2.45, 2.75) is 26.2 Å². The Balaban J connectivity index is 2.06. The van der Waals surface area contributed by atoms with Gasteiger partial charge in [-0.15, -0.1) is 0 Å². The average Bonchev–Trinajstić information content (AvgIpc) is 2.44. The van der Waals surface area contributed by atoms with Crippen molar-refractivity contribution in [2.24, 2.45) is 0 Å². The molecule has 1 aromatic carbocycles. The van der Waals surface area contributed by atoms with Crippen molar-refractivity contribution in [3.05, 3.63) is 23.8 Å². The molecule has 0 fully saturated rings. The predicted molar refractivity (Wildman–Crippen MR) is 79.8 cm³/mol. The first-order valence-electron chi connectivity index (χ1n) is 7.06. The summed E-state index contributed by atoms with van der Waals surface area (Å²) in [6.45, 7) is 4.22. The van der Waals surface area contributed by atoms with Gasteiger partial charge in [0.15, 0.2) is 0 Å². The first-order chi connectivity index (χ1) is 9.22. The van der Waals surface area contributed by atoms with Crippen LogP contribution < -0.4 is 15.5 Å². The number of aryl methyl sites for hydroxylation is 1. The molecule has 2 rings (SSSR count). The van der Waals surface area contributed by atoms with Crippen LogP contribution in [0.4, 0.5) is 11.4 Å². The normalized spacial score (nSPS) is 13.4. The fourth-order valence-electron chi connectivity index (χ4n) is 2.43. The van der Waals surface area contributed by atoms with Crippen LogP contribution in [0.5, 0.6) is 0 Å². The molecule has 4 heteroatoms. The van der Waals surface area contributed by atoms with Crippen molar-refractivity contribution >= 4 is 17.3 Å². The second kappa shape index (κ2) is 6.45. The van der Waals surface area contributed by atoms with Gasteiger partial charge in [0.1, 0.15) is 0 Å². The average molecular weight is 261 g/mol. The minimum atomic E-state index is 0.0813. The molecular weight excluding hydrogens is 238 g/mol. The number of carbonyl (C=O) groups is 1. The smallest absolute Gasteiger partial charge is 0.239 e. The zero-order chi connectivity index (χ0) is 13.7. The fraction of sp³-hybridized carbons (Fsp3) is 0.533. The summed E-state index contributed by atoms with van der Waals surface area (Å²) in [7, 11) is 1.97. The number of nitrogens with zero attached hydrogens (tertiary/aromatic N) is 1. The van der Waals surface area contributed by atoms with Crippen molar-refractivity contribution in [2.75, 3.05) is 36.9 Å². The van der Waals surface area contributed by atoms with Gasteiger partial charge in [0, 0.05) is 20.1 Å². The molecule has 0 bridgehead atoms. The lowest BCUT2D eigenvalue weighted by Gasteiger charge is -2.27. The Bertz CT molecular complexity index is 445. The van der Waals surface area contributed by atoms with Gasteiger partial charge in [-0.1, -0.05) is 19.1 Å². The summed E-state index contributed by atoms with van der Waals surface area (Å²) in [6.07, 6.45) is 3.26. The lowest BCUT2D eigenvalue weighted by atomic mass is 10.0. The van der Waals surface area contributed by atoms with Gasteiger partial charge in [-0.25, -0.2) is 0 Å². The largest absolute Gasteiger partial charge is 0.383 e. The molecule has 1 aromatic rings. The number of rotatable bonds is 5. The molecule has 0 atom stereocenters. The zero-order valence-corrected chi connectivity index (χ0v) is 11.8. The Morgan fingerprint density at radius 2 is 2.32 bits per heavy atom. The molecular formula is C15H23N3O. The van der Waals surface area contributed by atoms with Gasteiger partial charge in [-0.2, -0.15) is 0 Å². The van der Waals surface area contributed by atoms with Crippen molar-refractivity contribution in [1.82, 2.24) is 5.32 Å². The lowest BCUT2D eigenvalue weighted by molar-refractivity contribution is -0.119. The van der Waals surface area contributed by atoms with Gasteiger partial charge >= 0.3 is 0 Å². The molecule has 1 amide bonds. The first kappa shape index (κ1) is 13.7. The summed E-state index contributed by atoms with van der Waals surface area (Å²) in [5.41, 5.74) is 3.66. The Hall–Kier alpha value is -1.71. The zero-order valence-electron chi connectivity index (χ0n) is 11.8. The highest BCUT2D eigenvalue weighted by atomic mass is 16.2. The van der Waals surface area contributed by atoms with Crippen LogP contribution in [-0.4, -0.2) is 32.6 Å². The van der Waals surface area contributed by atoms with E-state index in [1.54, 1.807) is 0 Å². The molecule has 1 aliphatic heterocycles. The van der Waals surface area contributed by atoms with Gasteiger partial charge in [-0.3, -0.25) is 4.79 Å². The summed E-state index contributed by atoms with van der Waals surface area (Å²) in [4.78, 5) is 13.8. The van der Waals surface area contributed by atoms with Crippen LogP contribution in [0.3, 0.4) is 0 Å². The number of benzene rings is 1. The standard InChI is InChI=1S/C15H23N3O/c1-3-9-16-14(19)11-18(2)13-8-4-6-12-7-5-10-17-15(12)13/h4,6,8,17H,3,5,7,9-11H2,1-2H3,(H,16,19). The summed E-state index contributed by atoms with van der Waals surface area (Å²) < 4.78 is 0. The maximum absolute atomic E-state index is 11.8. The van der Waals surface area contributed by atoms with Gasteiger partial charge in [-0.05, 0) is 30.9 Å². The third kappa shape index (κ3) is 3.40. The Labute approximate surface area is 115 Å². The molecule has 0 saturated carbocycles. The Kier molecular flexibility index (Phi) is 4.66. The molecule has 2 N–H and O–H groups in total. The van der Waals surface area contributed by atoms with Crippen LogP contribution in [0.1, 0.15) is 25.3 Å². The molecule has 0 unspecified atom stereocenters. The summed E-state index contributed by atoms with van der Waals surface area (Å²) in [6, 6.07) is 6.31. The summed E-state index contributed by atoms with van der Waals surface area (Å²) in [5.74, 6) is 0.0813. The Morgan fingerprint density at radius 1 is 1.47 bits per heavy atom. The number of anilines is 2. The van der Waals surface area contributed by atoms with E-state index < -0.39 is 0 Å². The molecule has 0 radical (unpaired) electrons. The molecule has 104 valence electrons. The number of hydrogen-bond donors (Lipinski definition) is 2. The predicted octanol–water partition coefficient (Wildman–Crippen LogP) is 2.01. The van der Waals surface area contributed by atoms with Crippen molar-refractivity contribution < 1.29 is 4.79 Å². The molecule has 19 heavy (non-hydrogen) atoms. The van der Waals surface area contributed by atoms with Gasteiger partial charge in [0.2, 0.25) is 5.91 Å². The highest BCUT2D eigenvalue weighted by Crippen LogP contribution is 2.32. The molecule has 1 heterocycles. The third-order valence-electron chi connectivity index (χ3n) is 3.42. The van der Waals surface area contributed by atoms with Crippen LogP contribution in [0.2, 0.25) is 0 Å². The number of hydrogen-bond acceptors (Lipinski definition) is 3. The number of fused-ring (bicyclic) bond motifs is 1. The van der Waals surface area contributed by atoms with Crippen LogP contribution in [0.25, 0.3) is 0 Å². The molecule has 0 aliphatic carbocycles. The number of nitrogens with one attached hydrogen (secondary N) is 2. The summed E-state index contributed by atoms with van der Waals surface area (Å²) >= 11 is 0. The SMILES string of the molecule is CCCNC(=O)CN(C)c1cccc2c1NCCC2. The maximum atomic E-state index is 11.8. The highest BCUT2D eigenvalue weighted by Gasteiger charge is 2.16. The quantitative estimate of drug-likeness (QED) is 0.852.